The Morgan fingerprint density at radius 3 is 2.54 bits per heavy atom. The summed E-state index contributed by atoms with van der Waals surface area (Å²) in [5.41, 5.74) is 0.751. The lowest BCUT2D eigenvalue weighted by molar-refractivity contribution is -0.131. The average Bonchev–Trinajstić information content (AvgIpc) is 2.51. The first kappa shape index (κ1) is 9.52. The van der Waals surface area contributed by atoms with E-state index < -0.39 is 5.97 Å². The smallest absolute Gasteiger partial charge is 0.328 e. The standard InChI is InChI=1S/C11H12O2/c1-9(8-11(12)13)6-7-10-4-2-3-5-10/h2-8,10H,1H3,(H,12,13). The minimum atomic E-state index is -0.903. The number of carboxylic acids is 1. The van der Waals surface area contributed by atoms with Crippen molar-refractivity contribution in [3.8, 4) is 0 Å². The van der Waals surface area contributed by atoms with Gasteiger partial charge < -0.3 is 5.11 Å². The monoisotopic (exact) mass is 176 g/mol. The second-order valence-corrected chi connectivity index (χ2v) is 2.93. The van der Waals surface area contributed by atoms with E-state index in [1.165, 1.54) is 6.08 Å². The first-order valence-electron chi connectivity index (χ1n) is 4.13. The molecule has 0 aliphatic heterocycles. The first-order chi connectivity index (χ1) is 6.18. The molecule has 1 rings (SSSR count). The highest BCUT2D eigenvalue weighted by Gasteiger charge is 1.97. The van der Waals surface area contributed by atoms with Crippen molar-refractivity contribution in [3.63, 3.8) is 0 Å². The van der Waals surface area contributed by atoms with Crippen LogP contribution in [0.1, 0.15) is 6.92 Å². The molecule has 2 heteroatoms. The highest BCUT2D eigenvalue weighted by Crippen LogP contribution is 2.11. The number of aliphatic carboxylic acids is 1. The van der Waals surface area contributed by atoms with E-state index in [2.05, 4.69) is 0 Å². The molecule has 0 fully saturated rings. The molecule has 0 aromatic carbocycles. The normalized spacial score (nSPS) is 17.5. The predicted octanol–water partition coefficient (Wildman–Crippen LogP) is 2.32. The van der Waals surface area contributed by atoms with Crippen LogP contribution in [0.2, 0.25) is 0 Å². The molecule has 0 atom stereocenters. The van der Waals surface area contributed by atoms with Crippen LogP contribution in [-0.4, -0.2) is 11.1 Å². The highest BCUT2D eigenvalue weighted by molar-refractivity contribution is 5.81. The SMILES string of the molecule is CC(C=CC1C=CC=C1)=CC(=O)O. The summed E-state index contributed by atoms with van der Waals surface area (Å²) in [7, 11) is 0. The van der Waals surface area contributed by atoms with Crippen molar-refractivity contribution in [1.82, 2.24) is 0 Å². The van der Waals surface area contributed by atoms with E-state index in [1.54, 1.807) is 6.92 Å². The van der Waals surface area contributed by atoms with Crippen LogP contribution in [0.15, 0.2) is 48.1 Å². The molecular formula is C11H12O2. The molecule has 0 bridgehead atoms. The van der Waals surface area contributed by atoms with Crippen molar-refractivity contribution in [1.29, 1.82) is 0 Å². The van der Waals surface area contributed by atoms with Crippen molar-refractivity contribution in [2.24, 2.45) is 5.92 Å². The second-order valence-electron chi connectivity index (χ2n) is 2.93. The molecule has 0 aromatic rings. The Labute approximate surface area is 77.6 Å². The molecule has 0 aromatic heterocycles. The lowest BCUT2D eigenvalue weighted by Gasteiger charge is -1.94. The maximum absolute atomic E-state index is 10.3. The summed E-state index contributed by atoms with van der Waals surface area (Å²) < 4.78 is 0. The fourth-order valence-corrected chi connectivity index (χ4v) is 1.08. The number of hydrogen-bond donors (Lipinski definition) is 1. The van der Waals surface area contributed by atoms with Crippen LogP contribution in [0.25, 0.3) is 0 Å². The average molecular weight is 176 g/mol. The fraction of sp³-hybridized carbons (Fsp3) is 0.182. The number of carbonyl (C=O) groups is 1. The number of carboxylic acid groups (broad SMARTS) is 1. The summed E-state index contributed by atoms with van der Waals surface area (Å²) in [5, 5.41) is 8.44. The minimum absolute atomic E-state index is 0.317. The Balaban J connectivity index is 2.52. The van der Waals surface area contributed by atoms with Gasteiger partial charge in [-0.15, -0.1) is 0 Å². The summed E-state index contributed by atoms with van der Waals surface area (Å²) in [5.74, 6) is -0.586. The molecule has 0 radical (unpaired) electrons. The van der Waals surface area contributed by atoms with Gasteiger partial charge in [0.1, 0.15) is 0 Å². The quantitative estimate of drug-likeness (QED) is 0.529. The predicted molar refractivity (Wildman–Crippen MR) is 52.3 cm³/mol. The molecule has 0 saturated carbocycles. The summed E-state index contributed by atoms with van der Waals surface area (Å²) in [4.78, 5) is 10.3. The van der Waals surface area contributed by atoms with E-state index in [-0.39, 0.29) is 0 Å². The van der Waals surface area contributed by atoms with Gasteiger partial charge in [-0.1, -0.05) is 36.5 Å². The molecular weight excluding hydrogens is 164 g/mol. The van der Waals surface area contributed by atoms with Crippen LogP contribution in [0, 0.1) is 5.92 Å². The molecule has 2 nitrogen and oxygen atoms in total. The molecule has 0 unspecified atom stereocenters. The molecule has 1 aliphatic carbocycles. The Bertz CT molecular complexity index is 294. The van der Waals surface area contributed by atoms with Gasteiger partial charge in [0.2, 0.25) is 0 Å². The topological polar surface area (TPSA) is 37.3 Å². The van der Waals surface area contributed by atoms with Crippen molar-refractivity contribution < 1.29 is 9.90 Å². The van der Waals surface area contributed by atoms with Gasteiger partial charge in [-0.05, 0) is 12.5 Å². The van der Waals surface area contributed by atoms with Gasteiger partial charge >= 0.3 is 5.97 Å². The van der Waals surface area contributed by atoms with Crippen LogP contribution in [0.4, 0.5) is 0 Å². The van der Waals surface area contributed by atoms with E-state index in [9.17, 15) is 4.79 Å². The zero-order valence-electron chi connectivity index (χ0n) is 7.47. The third-order valence-electron chi connectivity index (χ3n) is 1.71. The van der Waals surface area contributed by atoms with Crippen molar-refractivity contribution in [2.75, 3.05) is 0 Å². The van der Waals surface area contributed by atoms with E-state index in [4.69, 9.17) is 5.11 Å². The van der Waals surface area contributed by atoms with Gasteiger partial charge in [0.05, 0.1) is 0 Å². The number of hydrogen-bond acceptors (Lipinski definition) is 1. The van der Waals surface area contributed by atoms with Gasteiger partial charge in [-0.2, -0.15) is 0 Å². The Kier molecular flexibility index (Phi) is 3.26. The molecule has 68 valence electrons. The fourth-order valence-electron chi connectivity index (χ4n) is 1.08. The molecule has 0 saturated heterocycles. The molecule has 13 heavy (non-hydrogen) atoms. The summed E-state index contributed by atoms with van der Waals surface area (Å²) >= 11 is 0. The van der Waals surface area contributed by atoms with Crippen LogP contribution in [0.3, 0.4) is 0 Å². The van der Waals surface area contributed by atoms with E-state index in [0.717, 1.165) is 5.57 Å². The van der Waals surface area contributed by atoms with E-state index in [1.807, 2.05) is 36.5 Å². The lowest BCUT2D eigenvalue weighted by Crippen LogP contribution is -1.88. The zero-order valence-corrected chi connectivity index (χ0v) is 7.47. The third-order valence-corrected chi connectivity index (χ3v) is 1.71. The molecule has 0 heterocycles. The Hall–Kier alpha value is -1.57. The van der Waals surface area contributed by atoms with Crippen LogP contribution < -0.4 is 0 Å². The van der Waals surface area contributed by atoms with Crippen molar-refractivity contribution >= 4 is 5.97 Å². The summed E-state index contributed by atoms with van der Waals surface area (Å²) in [6, 6.07) is 0. The van der Waals surface area contributed by atoms with Gasteiger partial charge in [0.25, 0.3) is 0 Å². The minimum Gasteiger partial charge on any atom is -0.478 e. The number of allylic oxidation sites excluding steroid dienone is 7. The summed E-state index contributed by atoms with van der Waals surface area (Å²) in [6.45, 7) is 1.77. The molecule has 1 N–H and O–H groups in total. The zero-order chi connectivity index (χ0) is 9.68. The Morgan fingerprint density at radius 1 is 1.38 bits per heavy atom. The highest BCUT2D eigenvalue weighted by atomic mass is 16.4. The lowest BCUT2D eigenvalue weighted by atomic mass is 10.1. The third kappa shape index (κ3) is 3.56. The molecule has 0 spiro atoms. The summed E-state index contributed by atoms with van der Waals surface area (Å²) in [6.07, 6.45) is 13.0. The second kappa shape index (κ2) is 4.45. The maximum Gasteiger partial charge on any atom is 0.328 e. The van der Waals surface area contributed by atoms with Crippen LogP contribution in [0.5, 0.6) is 0 Å². The Morgan fingerprint density at radius 2 is 2.00 bits per heavy atom. The van der Waals surface area contributed by atoms with Gasteiger partial charge in [-0.25, -0.2) is 4.79 Å². The van der Waals surface area contributed by atoms with Crippen molar-refractivity contribution in [2.45, 2.75) is 6.92 Å². The van der Waals surface area contributed by atoms with Gasteiger partial charge in [0.15, 0.2) is 0 Å². The van der Waals surface area contributed by atoms with Gasteiger partial charge in [0, 0.05) is 12.0 Å². The van der Waals surface area contributed by atoms with E-state index >= 15 is 0 Å². The van der Waals surface area contributed by atoms with Crippen LogP contribution in [-0.2, 0) is 4.79 Å². The van der Waals surface area contributed by atoms with Crippen LogP contribution >= 0.6 is 0 Å². The number of rotatable bonds is 3. The van der Waals surface area contributed by atoms with E-state index in [0.29, 0.717) is 5.92 Å². The largest absolute Gasteiger partial charge is 0.478 e. The molecule has 0 amide bonds. The maximum atomic E-state index is 10.3. The van der Waals surface area contributed by atoms with Crippen molar-refractivity contribution in [3.05, 3.63) is 48.1 Å². The first-order valence-corrected chi connectivity index (χ1v) is 4.13. The molecule has 1 aliphatic rings. The van der Waals surface area contributed by atoms with Gasteiger partial charge in [-0.3, -0.25) is 0 Å².